The molecule has 0 bridgehead atoms. The molecule has 0 saturated heterocycles. The van der Waals surface area contributed by atoms with Crippen LogP contribution in [0.25, 0.3) is 10.9 Å². The molecule has 0 saturated carbocycles. The van der Waals surface area contributed by atoms with Crippen LogP contribution >= 0.6 is 0 Å². The van der Waals surface area contributed by atoms with Crippen LogP contribution in [0.3, 0.4) is 0 Å². The summed E-state index contributed by atoms with van der Waals surface area (Å²) >= 11 is 0. The Kier molecular flexibility index (Phi) is 5.38. The van der Waals surface area contributed by atoms with Crippen LogP contribution in [0, 0.1) is 0 Å². The van der Waals surface area contributed by atoms with Gasteiger partial charge >= 0.3 is 5.97 Å². The molecule has 0 spiro atoms. The lowest BCUT2D eigenvalue weighted by atomic mass is 10.0. The van der Waals surface area contributed by atoms with Crippen molar-refractivity contribution in [1.82, 2.24) is 10.3 Å². The van der Waals surface area contributed by atoms with Crippen molar-refractivity contribution >= 4 is 34.4 Å². The molecule has 1 atom stereocenters. The SMILES string of the molecule is COC(=O)[C@@H](Cc1c[nH]c2ccccc12)NC(=O)CN1C(=O)COc2ccccc21. The molecule has 0 fully saturated rings. The number of nitrogens with one attached hydrogen (secondary N) is 2. The first-order valence-corrected chi connectivity index (χ1v) is 9.51. The summed E-state index contributed by atoms with van der Waals surface area (Å²) in [6.07, 6.45) is 2.07. The molecule has 1 aliphatic heterocycles. The van der Waals surface area contributed by atoms with Gasteiger partial charge in [-0.3, -0.25) is 14.5 Å². The number of carbonyl (C=O) groups excluding carboxylic acids is 3. The fourth-order valence-electron chi connectivity index (χ4n) is 3.57. The van der Waals surface area contributed by atoms with Gasteiger partial charge in [0.2, 0.25) is 5.91 Å². The minimum atomic E-state index is -0.881. The van der Waals surface area contributed by atoms with Gasteiger partial charge in [-0.2, -0.15) is 0 Å². The summed E-state index contributed by atoms with van der Waals surface area (Å²) in [6, 6.07) is 13.8. The van der Waals surface area contributed by atoms with E-state index in [4.69, 9.17) is 9.47 Å². The summed E-state index contributed by atoms with van der Waals surface area (Å²) in [4.78, 5) is 41.9. The molecular weight excluding hydrogens is 386 g/mol. The Labute approximate surface area is 172 Å². The highest BCUT2D eigenvalue weighted by atomic mass is 16.5. The van der Waals surface area contributed by atoms with Gasteiger partial charge in [0.15, 0.2) is 6.61 Å². The second-order valence-corrected chi connectivity index (χ2v) is 6.94. The third-order valence-corrected chi connectivity index (χ3v) is 5.03. The number of benzene rings is 2. The van der Waals surface area contributed by atoms with Gasteiger partial charge in [-0.05, 0) is 23.8 Å². The average Bonchev–Trinajstić information content (AvgIpc) is 3.17. The van der Waals surface area contributed by atoms with Crippen LogP contribution < -0.4 is 15.0 Å². The number of para-hydroxylation sites is 3. The Morgan fingerprint density at radius 3 is 2.80 bits per heavy atom. The van der Waals surface area contributed by atoms with Gasteiger partial charge in [-0.15, -0.1) is 0 Å². The maximum Gasteiger partial charge on any atom is 0.328 e. The number of aromatic amines is 1. The zero-order valence-corrected chi connectivity index (χ0v) is 16.4. The summed E-state index contributed by atoms with van der Waals surface area (Å²) < 4.78 is 10.3. The number of hydrogen-bond donors (Lipinski definition) is 2. The van der Waals surface area contributed by atoms with Crippen LogP contribution in [0.1, 0.15) is 5.56 Å². The predicted molar refractivity (Wildman–Crippen MR) is 110 cm³/mol. The number of rotatable bonds is 6. The molecule has 30 heavy (non-hydrogen) atoms. The molecule has 2 amide bonds. The number of methoxy groups -OCH3 is 1. The number of ether oxygens (including phenoxy) is 2. The van der Waals surface area contributed by atoms with Gasteiger partial charge in [0.1, 0.15) is 18.3 Å². The maximum atomic E-state index is 12.7. The van der Waals surface area contributed by atoms with E-state index in [-0.39, 0.29) is 25.5 Å². The van der Waals surface area contributed by atoms with Gasteiger partial charge in [0, 0.05) is 23.5 Å². The lowest BCUT2D eigenvalue weighted by Gasteiger charge is -2.29. The van der Waals surface area contributed by atoms with Crippen molar-refractivity contribution in [3.8, 4) is 5.75 Å². The number of fused-ring (bicyclic) bond motifs is 2. The highest BCUT2D eigenvalue weighted by Gasteiger charge is 2.29. The van der Waals surface area contributed by atoms with E-state index in [9.17, 15) is 14.4 Å². The molecule has 2 N–H and O–H groups in total. The fourth-order valence-corrected chi connectivity index (χ4v) is 3.57. The molecule has 8 heteroatoms. The fraction of sp³-hybridized carbons (Fsp3) is 0.227. The first-order chi connectivity index (χ1) is 14.6. The van der Waals surface area contributed by atoms with Crippen molar-refractivity contribution in [3.05, 3.63) is 60.3 Å². The molecule has 3 aromatic rings. The lowest BCUT2D eigenvalue weighted by Crippen LogP contribution is -2.50. The second-order valence-electron chi connectivity index (χ2n) is 6.94. The third kappa shape index (κ3) is 3.84. The Morgan fingerprint density at radius 1 is 1.20 bits per heavy atom. The highest BCUT2D eigenvalue weighted by molar-refractivity contribution is 6.02. The summed E-state index contributed by atoms with van der Waals surface area (Å²) in [7, 11) is 1.28. The molecule has 0 unspecified atom stereocenters. The third-order valence-electron chi connectivity index (χ3n) is 5.03. The summed E-state index contributed by atoms with van der Waals surface area (Å²) in [5, 5.41) is 3.68. The average molecular weight is 407 g/mol. The Hall–Kier alpha value is -3.81. The quantitative estimate of drug-likeness (QED) is 0.607. The normalized spacial score (nSPS) is 14.0. The van der Waals surface area contributed by atoms with Gasteiger partial charge in [0.05, 0.1) is 12.8 Å². The number of H-pyrrole nitrogens is 1. The van der Waals surface area contributed by atoms with Crippen LogP contribution in [0.15, 0.2) is 54.7 Å². The van der Waals surface area contributed by atoms with Gasteiger partial charge in [-0.25, -0.2) is 4.79 Å². The number of amides is 2. The van der Waals surface area contributed by atoms with Crippen LogP contribution in [0.2, 0.25) is 0 Å². The van der Waals surface area contributed by atoms with E-state index >= 15 is 0 Å². The zero-order chi connectivity index (χ0) is 21.1. The Balaban J connectivity index is 1.50. The van der Waals surface area contributed by atoms with Crippen molar-refractivity contribution in [2.75, 3.05) is 25.2 Å². The maximum absolute atomic E-state index is 12.7. The van der Waals surface area contributed by atoms with Crippen molar-refractivity contribution in [2.24, 2.45) is 0 Å². The van der Waals surface area contributed by atoms with Crippen molar-refractivity contribution < 1.29 is 23.9 Å². The van der Waals surface area contributed by atoms with Gasteiger partial charge < -0.3 is 19.8 Å². The van der Waals surface area contributed by atoms with Crippen molar-refractivity contribution in [2.45, 2.75) is 12.5 Å². The first kappa shape index (κ1) is 19.5. The molecular formula is C22H21N3O5. The summed E-state index contributed by atoms with van der Waals surface area (Å²) in [5.74, 6) is -0.805. The molecule has 8 nitrogen and oxygen atoms in total. The van der Waals surface area contributed by atoms with E-state index in [1.165, 1.54) is 12.0 Å². The van der Waals surface area contributed by atoms with E-state index in [0.29, 0.717) is 11.4 Å². The standard InChI is InChI=1S/C22H21N3O5/c1-29-22(28)17(10-14-11-23-16-7-3-2-6-15(14)16)24-20(26)12-25-18-8-4-5-9-19(18)30-13-21(25)27/h2-9,11,17,23H,10,12-13H2,1H3,(H,24,26)/t17-/m1/s1. The lowest BCUT2D eigenvalue weighted by molar-refractivity contribution is -0.144. The molecule has 1 aliphatic rings. The number of carbonyl (C=O) groups is 3. The number of nitrogens with zero attached hydrogens (tertiary/aromatic N) is 1. The van der Waals surface area contributed by atoms with E-state index in [1.54, 1.807) is 24.3 Å². The summed E-state index contributed by atoms with van der Waals surface area (Å²) in [6.45, 7) is -0.360. The van der Waals surface area contributed by atoms with Crippen molar-refractivity contribution in [1.29, 1.82) is 0 Å². The smallest absolute Gasteiger partial charge is 0.328 e. The zero-order valence-electron chi connectivity index (χ0n) is 16.4. The molecule has 4 rings (SSSR count). The Bertz CT molecular complexity index is 1110. The minimum Gasteiger partial charge on any atom is -0.482 e. The van der Waals surface area contributed by atoms with Crippen LogP contribution in [-0.2, 0) is 25.5 Å². The summed E-state index contributed by atoms with van der Waals surface area (Å²) in [5.41, 5.74) is 2.35. The Morgan fingerprint density at radius 2 is 1.97 bits per heavy atom. The topological polar surface area (TPSA) is 101 Å². The number of esters is 1. The first-order valence-electron chi connectivity index (χ1n) is 9.51. The second kappa shape index (κ2) is 8.28. The minimum absolute atomic E-state index is 0.139. The van der Waals surface area contributed by atoms with Gasteiger partial charge in [0.25, 0.3) is 5.91 Å². The van der Waals surface area contributed by atoms with Crippen molar-refractivity contribution in [3.63, 3.8) is 0 Å². The number of anilines is 1. The van der Waals surface area contributed by atoms with E-state index < -0.39 is 17.9 Å². The van der Waals surface area contributed by atoms with Crippen LogP contribution in [-0.4, -0.2) is 49.1 Å². The largest absolute Gasteiger partial charge is 0.482 e. The molecule has 0 radical (unpaired) electrons. The number of aromatic nitrogens is 1. The molecule has 2 aromatic carbocycles. The highest BCUT2D eigenvalue weighted by Crippen LogP contribution is 2.31. The monoisotopic (exact) mass is 407 g/mol. The molecule has 1 aromatic heterocycles. The van der Waals surface area contributed by atoms with Crippen LogP contribution in [0.4, 0.5) is 5.69 Å². The van der Waals surface area contributed by atoms with E-state index in [1.807, 2.05) is 30.5 Å². The molecule has 0 aliphatic carbocycles. The number of hydrogen-bond acceptors (Lipinski definition) is 5. The molecule has 154 valence electrons. The van der Waals surface area contributed by atoms with E-state index in [0.717, 1.165) is 16.5 Å². The predicted octanol–water partition coefficient (Wildman–Crippen LogP) is 1.79. The molecule has 2 heterocycles. The van der Waals surface area contributed by atoms with E-state index in [2.05, 4.69) is 10.3 Å². The van der Waals surface area contributed by atoms with Gasteiger partial charge in [-0.1, -0.05) is 30.3 Å². The van der Waals surface area contributed by atoms with Crippen LogP contribution in [0.5, 0.6) is 5.75 Å².